The summed E-state index contributed by atoms with van der Waals surface area (Å²) in [5.41, 5.74) is 3.87. The predicted octanol–water partition coefficient (Wildman–Crippen LogP) is 3.04. The Morgan fingerprint density at radius 3 is 2.76 bits per heavy atom. The van der Waals surface area contributed by atoms with Gasteiger partial charge in [0.1, 0.15) is 5.82 Å². The van der Waals surface area contributed by atoms with Gasteiger partial charge >= 0.3 is 0 Å². The van der Waals surface area contributed by atoms with Gasteiger partial charge in [-0.25, -0.2) is 4.39 Å². The molecule has 4 heteroatoms. The normalized spacial score (nSPS) is 17.8. The van der Waals surface area contributed by atoms with Gasteiger partial charge in [0, 0.05) is 6.04 Å². The first-order valence-electron chi connectivity index (χ1n) is 6.09. The van der Waals surface area contributed by atoms with Crippen LogP contribution in [0.3, 0.4) is 0 Å². The summed E-state index contributed by atoms with van der Waals surface area (Å²) in [6, 6.07) is 5.12. The highest BCUT2D eigenvalue weighted by molar-refractivity contribution is 6.30. The van der Waals surface area contributed by atoms with Crippen LogP contribution in [0.25, 0.3) is 0 Å². The molecule has 0 radical (unpaired) electrons. The maximum absolute atomic E-state index is 13.0. The molecule has 17 heavy (non-hydrogen) atoms. The quantitative estimate of drug-likeness (QED) is 0.628. The summed E-state index contributed by atoms with van der Waals surface area (Å²) >= 11 is 5.76. The van der Waals surface area contributed by atoms with Gasteiger partial charge in [0.25, 0.3) is 0 Å². The maximum Gasteiger partial charge on any atom is 0.141 e. The van der Waals surface area contributed by atoms with E-state index in [0.717, 1.165) is 24.3 Å². The van der Waals surface area contributed by atoms with Crippen molar-refractivity contribution in [2.75, 3.05) is 0 Å². The van der Waals surface area contributed by atoms with E-state index >= 15 is 0 Å². The second-order valence-electron chi connectivity index (χ2n) is 4.85. The first kappa shape index (κ1) is 12.8. The fraction of sp³-hybridized carbons (Fsp3) is 0.538. The lowest BCUT2D eigenvalue weighted by Gasteiger charge is -2.29. The number of halogens is 2. The zero-order valence-electron chi connectivity index (χ0n) is 9.76. The lowest BCUT2D eigenvalue weighted by molar-refractivity contribution is 0.259. The molecule has 0 aromatic heterocycles. The van der Waals surface area contributed by atoms with Gasteiger partial charge in [0.05, 0.1) is 5.02 Å². The van der Waals surface area contributed by atoms with Crippen LogP contribution in [0, 0.1) is 11.7 Å². The molecular weight excluding hydrogens is 239 g/mol. The highest BCUT2D eigenvalue weighted by Crippen LogP contribution is 2.31. The molecule has 1 aromatic carbocycles. The molecule has 0 aliphatic heterocycles. The third kappa shape index (κ3) is 3.41. The maximum atomic E-state index is 13.0. The standard InChI is InChI=1S/C13H18ClFN2/c14-12-8-10(4-5-13(12)15)7-11(17-16)6-9-2-1-3-9/h4-5,8-9,11,17H,1-3,6-7,16H2. The summed E-state index contributed by atoms with van der Waals surface area (Å²) < 4.78 is 13.0. The van der Waals surface area contributed by atoms with Crippen molar-refractivity contribution in [3.63, 3.8) is 0 Å². The van der Waals surface area contributed by atoms with E-state index in [1.165, 1.54) is 25.3 Å². The van der Waals surface area contributed by atoms with E-state index in [-0.39, 0.29) is 16.9 Å². The average molecular weight is 257 g/mol. The molecular formula is C13H18ClFN2. The smallest absolute Gasteiger partial charge is 0.141 e. The number of hydrazine groups is 1. The van der Waals surface area contributed by atoms with Crippen molar-refractivity contribution in [3.05, 3.63) is 34.6 Å². The monoisotopic (exact) mass is 256 g/mol. The minimum Gasteiger partial charge on any atom is -0.271 e. The third-order valence-corrected chi connectivity index (χ3v) is 3.83. The zero-order valence-corrected chi connectivity index (χ0v) is 10.5. The Kier molecular flexibility index (Phi) is 4.37. The molecule has 1 aliphatic carbocycles. The second-order valence-corrected chi connectivity index (χ2v) is 5.26. The molecule has 1 aromatic rings. The Morgan fingerprint density at radius 2 is 2.24 bits per heavy atom. The summed E-state index contributed by atoms with van der Waals surface area (Å²) in [5.74, 6) is 5.99. The summed E-state index contributed by atoms with van der Waals surface area (Å²) in [7, 11) is 0. The van der Waals surface area contributed by atoms with Crippen LogP contribution in [0.5, 0.6) is 0 Å². The van der Waals surface area contributed by atoms with Gasteiger partial charge in [0.2, 0.25) is 0 Å². The van der Waals surface area contributed by atoms with E-state index in [2.05, 4.69) is 5.43 Å². The van der Waals surface area contributed by atoms with Crippen LogP contribution in [0.4, 0.5) is 4.39 Å². The van der Waals surface area contributed by atoms with Crippen molar-refractivity contribution < 1.29 is 4.39 Å². The van der Waals surface area contributed by atoms with E-state index in [1.54, 1.807) is 12.1 Å². The molecule has 1 unspecified atom stereocenters. The van der Waals surface area contributed by atoms with Crippen LogP contribution in [0.1, 0.15) is 31.2 Å². The van der Waals surface area contributed by atoms with Crippen molar-refractivity contribution in [3.8, 4) is 0 Å². The summed E-state index contributed by atoms with van der Waals surface area (Å²) in [6.07, 6.45) is 5.84. The molecule has 1 aliphatic rings. The zero-order chi connectivity index (χ0) is 12.3. The lowest BCUT2D eigenvalue weighted by atomic mass is 9.80. The van der Waals surface area contributed by atoms with Crippen LogP contribution in [0.2, 0.25) is 5.02 Å². The van der Waals surface area contributed by atoms with Gasteiger partial charge in [-0.05, 0) is 36.5 Å². The highest BCUT2D eigenvalue weighted by Gasteiger charge is 2.21. The summed E-state index contributed by atoms with van der Waals surface area (Å²) in [6.45, 7) is 0. The van der Waals surface area contributed by atoms with Crippen LogP contribution >= 0.6 is 11.6 Å². The van der Waals surface area contributed by atoms with Crippen LogP contribution in [-0.2, 0) is 6.42 Å². The molecule has 0 bridgehead atoms. The van der Waals surface area contributed by atoms with Crippen molar-refractivity contribution in [1.29, 1.82) is 0 Å². The molecule has 2 nitrogen and oxygen atoms in total. The van der Waals surface area contributed by atoms with Crippen LogP contribution in [0.15, 0.2) is 18.2 Å². The SMILES string of the molecule is NNC(Cc1ccc(F)c(Cl)c1)CC1CCC1. The van der Waals surface area contributed by atoms with E-state index < -0.39 is 0 Å². The fourth-order valence-electron chi connectivity index (χ4n) is 2.29. The predicted molar refractivity (Wildman–Crippen MR) is 68.2 cm³/mol. The number of hydrogen-bond acceptors (Lipinski definition) is 2. The Balaban J connectivity index is 1.94. The minimum atomic E-state index is -0.369. The van der Waals surface area contributed by atoms with Crippen molar-refractivity contribution >= 4 is 11.6 Å². The van der Waals surface area contributed by atoms with Gasteiger partial charge in [-0.1, -0.05) is 36.9 Å². The fourth-order valence-corrected chi connectivity index (χ4v) is 2.50. The number of benzene rings is 1. The Labute approximate surface area is 106 Å². The Bertz CT molecular complexity index is 380. The van der Waals surface area contributed by atoms with Crippen LogP contribution in [-0.4, -0.2) is 6.04 Å². The molecule has 0 spiro atoms. The molecule has 1 fully saturated rings. The molecule has 3 N–H and O–H groups in total. The topological polar surface area (TPSA) is 38.0 Å². The van der Waals surface area contributed by atoms with Gasteiger partial charge in [-0.3, -0.25) is 11.3 Å². The van der Waals surface area contributed by atoms with Gasteiger partial charge in [-0.2, -0.15) is 0 Å². The van der Waals surface area contributed by atoms with Gasteiger partial charge in [0.15, 0.2) is 0 Å². The van der Waals surface area contributed by atoms with Crippen LogP contribution < -0.4 is 11.3 Å². The molecule has 0 heterocycles. The van der Waals surface area contributed by atoms with Crippen molar-refractivity contribution in [2.24, 2.45) is 11.8 Å². The molecule has 0 saturated heterocycles. The Morgan fingerprint density at radius 1 is 1.47 bits per heavy atom. The summed E-state index contributed by atoms with van der Waals surface area (Å²) in [5, 5.41) is 0.182. The first-order valence-corrected chi connectivity index (χ1v) is 6.47. The minimum absolute atomic E-state index is 0.182. The van der Waals surface area contributed by atoms with E-state index in [1.807, 2.05) is 0 Å². The van der Waals surface area contributed by atoms with Crippen molar-refractivity contribution in [2.45, 2.75) is 38.1 Å². The Hall–Kier alpha value is -0.640. The lowest BCUT2D eigenvalue weighted by Crippen LogP contribution is -2.39. The average Bonchev–Trinajstić information content (AvgIpc) is 2.26. The highest BCUT2D eigenvalue weighted by atomic mass is 35.5. The molecule has 2 rings (SSSR count). The molecule has 1 saturated carbocycles. The second kappa shape index (κ2) is 5.80. The molecule has 94 valence electrons. The van der Waals surface area contributed by atoms with Gasteiger partial charge in [-0.15, -0.1) is 0 Å². The number of nitrogens with two attached hydrogens (primary N) is 1. The van der Waals surface area contributed by atoms with E-state index in [9.17, 15) is 4.39 Å². The number of rotatable bonds is 5. The third-order valence-electron chi connectivity index (χ3n) is 3.54. The van der Waals surface area contributed by atoms with Gasteiger partial charge < -0.3 is 0 Å². The number of hydrogen-bond donors (Lipinski definition) is 2. The largest absolute Gasteiger partial charge is 0.271 e. The first-order chi connectivity index (χ1) is 8.19. The van der Waals surface area contributed by atoms with E-state index in [0.29, 0.717) is 0 Å². The molecule has 1 atom stereocenters. The van der Waals surface area contributed by atoms with E-state index in [4.69, 9.17) is 17.4 Å². The summed E-state index contributed by atoms with van der Waals surface area (Å²) in [4.78, 5) is 0. The number of nitrogens with one attached hydrogen (secondary N) is 1. The van der Waals surface area contributed by atoms with Crippen molar-refractivity contribution in [1.82, 2.24) is 5.43 Å². The molecule has 0 amide bonds.